The Balaban J connectivity index is 1.70. The van der Waals surface area contributed by atoms with Crippen LogP contribution >= 0.6 is 0 Å². The molecule has 3 aromatic carbocycles. The van der Waals surface area contributed by atoms with E-state index < -0.39 is 10.5 Å². The van der Waals surface area contributed by atoms with Crippen LogP contribution in [0.3, 0.4) is 0 Å². The van der Waals surface area contributed by atoms with Gasteiger partial charge in [0.2, 0.25) is 5.82 Å². The molecule has 5 aromatic rings. The van der Waals surface area contributed by atoms with E-state index in [1.54, 1.807) is 61.7 Å². The first-order valence-electron chi connectivity index (χ1n) is 10.5. The van der Waals surface area contributed by atoms with E-state index in [0.717, 1.165) is 4.68 Å². The predicted molar refractivity (Wildman–Crippen MR) is 130 cm³/mol. The van der Waals surface area contributed by atoms with Crippen molar-refractivity contribution in [2.24, 2.45) is 5.10 Å². The largest absolute Gasteiger partial charge is 0.496 e. The van der Waals surface area contributed by atoms with Crippen molar-refractivity contribution in [3.8, 4) is 23.1 Å². The molecule has 2 aromatic heterocycles. The second kappa shape index (κ2) is 8.75. The number of benzene rings is 3. The number of nitro groups is 1. The van der Waals surface area contributed by atoms with Crippen molar-refractivity contribution in [3.05, 3.63) is 92.8 Å². The fourth-order valence-electron chi connectivity index (χ4n) is 3.77. The van der Waals surface area contributed by atoms with Gasteiger partial charge in [-0.3, -0.25) is 14.9 Å². The number of furan rings is 1. The van der Waals surface area contributed by atoms with Crippen LogP contribution in [-0.4, -0.2) is 35.0 Å². The molecule has 0 saturated heterocycles. The van der Waals surface area contributed by atoms with Crippen molar-refractivity contribution < 1.29 is 18.8 Å². The van der Waals surface area contributed by atoms with Gasteiger partial charge in [-0.15, -0.1) is 0 Å². The summed E-state index contributed by atoms with van der Waals surface area (Å²) < 4.78 is 17.6. The minimum absolute atomic E-state index is 0.119. The molecule has 2 heterocycles. The third-order valence-corrected chi connectivity index (χ3v) is 5.44. The number of hydrogen-bond acceptors (Lipinski definition) is 8. The maximum atomic E-state index is 13.4. The molecule has 0 saturated carbocycles. The summed E-state index contributed by atoms with van der Waals surface area (Å²) in [4.78, 5) is 28.8. The summed E-state index contributed by atoms with van der Waals surface area (Å²) in [5, 5.41) is 16.8. The molecule has 10 heteroatoms. The van der Waals surface area contributed by atoms with E-state index in [1.165, 1.54) is 25.5 Å². The summed E-state index contributed by atoms with van der Waals surface area (Å²) >= 11 is 0. The number of para-hydroxylation sites is 1. The second-order valence-electron chi connectivity index (χ2n) is 7.49. The molecule has 0 aliphatic carbocycles. The van der Waals surface area contributed by atoms with Gasteiger partial charge < -0.3 is 13.9 Å². The summed E-state index contributed by atoms with van der Waals surface area (Å²) in [6.45, 7) is 0. The Bertz CT molecular complexity index is 1690. The molecule has 0 radical (unpaired) electrons. The van der Waals surface area contributed by atoms with Crippen LogP contribution in [-0.2, 0) is 0 Å². The average molecular weight is 470 g/mol. The lowest BCUT2D eigenvalue weighted by Crippen LogP contribution is -2.20. The third kappa shape index (κ3) is 3.86. The number of nitro benzene ring substituents is 1. The van der Waals surface area contributed by atoms with E-state index in [4.69, 9.17) is 13.9 Å². The van der Waals surface area contributed by atoms with Gasteiger partial charge in [0.1, 0.15) is 11.3 Å². The van der Waals surface area contributed by atoms with Gasteiger partial charge in [0, 0.05) is 11.6 Å². The molecule has 5 rings (SSSR count). The zero-order chi connectivity index (χ0) is 24.5. The minimum atomic E-state index is -0.548. The summed E-state index contributed by atoms with van der Waals surface area (Å²) in [5.74, 6) is 1.21. The van der Waals surface area contributed by atoms with Gasteiger partial charge in [-0.05, 0) is 42.5 Å². The Labute approximate surface area is 197 Å². The smallest absolute Gasteiger partial charge is 0.311 e. The van der Waals surface area contributed by atoms with Gasteiger partial charge in [0.05, 0.1) is 41.6 Å². The molecule has 10 nitrogen and oxygen atoms in total. The first kappa shape index (κ1) is 21.8. The molecule has 0 fully saturated rings. The molecular weight excluding hydrogens is 452 g/mol. The van der Waals surface area contributed by atoms with Gasteiger partial charge in [-0.2, -0.15) is 9.78 Å². The zero-order valence-corrected chi connectivity index (χ0v) is 18.7. The van der Waals surface area contributed by atoms with Crippen LogP contribution in [0.5, 0.6) is 11.5 Å². The molecule has 0 amide bonds. The lowest BCUT2D eigenvalue weighted by Gasteiger charge is -2.07. The highest BCUT2D eigenvalue weighted by atomic mass is 16.6. The van der Waals surface area contributed by atoms with Gasteiger partial charge in [0.25, 0.3) is 5.56 Å². The number of ether oxygens (including phenoxy) is 2. The van der Waals surface area contributed by atoms with Crippen molar-refractivity contribution in [1.29, 1.82) is 0 Å². The van der Waals surface area contributed by atoms with Crippen LogP contribution in [0.15, 0.2) is 81.0 Å². The highest BCUT2D eigenvalue weighted by molar-refractivity contribution is 5.88. The number of hydrogen-bond donors (Lipinski definition) is 0. The van der Waals surface area contributed by atoms with Gasteiger partial charge in [0.15, 0.2) is 11.5 Å². The molecule has 0 atom stereocenters. The first-order valence-corrected chi connectivity index (χ1v) is 10.5. The molecular formula is C25H18N4O6. The van der Waals surface area contributed by atoms with Crippen LogP contribution in [0, 0.1) is 10.1 Å². The fraction of sp³-hybridized carbons (Fsp3) is 0.0800. The Morgan fingerprint density at radius 2 is 1.80 bits per heavy atom. The van der Waals surface area contributed by atoms with Crippen LogP contribution in [0.2, 0.25) is 0 Å². The Hall–Kier alpha value is -4.99. The van der Waals surface area contributed by atoms with Gasteiger partial charge in [-0.1, -0.05) is 18.2 Å². The van der Waals surface area contributed by atoms with Crippen molar-refractivity contribution in [3.63, 3.8) is 0 Å². The van der Waals surface area contributed by atoms with Crippen LogP contribution in [0.25, 0.3) is 33.5 Å². The van der Waals surface area contributed by atoms with Crippen LogP contribution < -0.4 is 15.0 Å². The molecule has 0 bridgehead atoms. The summed E-state index contributed by atoms with van der Waals surface area (Å²) in [7, 11) is 2.91. The van der Waals surface area contributed by atoms with Crippen LogP contribution in [0.4, 0.5) is 5.69 Å². The standard InChI is InChI=1S/C25H18N4O6/c1-33-20-8-5-9-21-17(20)13-23(35-21)24-27-18-7-4-3-6-16(18)25(30)28(24)26-14-15-10-11-22(34-2)19(12-15)29(31)32/h3-14H,1-2H3. The van der Waals surface area contributed by atoms with E-state index in [9.17, 15) is 14.9 Å². The molecule has 0 aliphatic rings. The third-order valence-electron chi connectivity index (χ3n) is 5.44. The monoisotopic (exact) mass is 470 g/mol. The zero-order valence-electron chi connectivity index (χ0n) is 18.7. The maximum Gasteiger partial charge on any atom is 0.311 e. The Morgan fingerprint density at radius 3 is 2.57 bits per heavy atom. The summed E-state index contributed by atoms with van der Waals surface area (Å²) in [5.41, 5.74) is 0.798. The molecule has 0 aliphatic heterocycles. The molecule has 0 N–H and O–H groups in total. The first-order chi connectivity index (χ1) is 17.0. The molecule has 0 unspecified atom stereocenters. The van der Waals surface area contributed by atoms with Crippen molar-refractivity contribution in [1.82, 2.24) is 9.66 Å². The van der Waals surface area contributed by atoms with Crippen molar-refractivity contribution >= 4 is 33.8 Å². The highest BCUT2D eigenvalue weighted by Crippen LogP contribution is 2.33. The Morgan fingerprint density at radius 1 is 1.00 bits per heavy atom. The van der Waals surface area contributed by atoms with Crippen LogP contribution in [0.1, 0.15) is 5.56 Å². The quantitative estimate of drug-likeness (QED) is 0.202. The minimum Gasteiger partial charge on any atom is -0.496 e. The van der Waals surface area contributed by atoms with Crippen molar-refractivity contribution in [2.45, 2.75) is 0 Å². The SMILES string of the molecule is COc1ccc(C=Nn2c(-c3cc4c(OC)cccc4o3)nc3ccccc3c2=O)cc1[N+](=O)[O-]. The Kier molecular flexibility index (Phi) is 5.46. The predicted octanol–water partition coefficient (Wildman–Crippen LogP) is 4.62. The summed E-state index contributed by atoms with van der Waals surface area (Å²) in [6.07, 6.45) is 1.34. The fourth-order valence-corrected chi connectivity index (χ4v) is 3.77. The highest BCUT2D eigenvalue weighted by Gasteiger charge is 2.18. The maximum absolute atomic E-state index is 13.4. The number of fused-ring (bicyclic) bond motifs is 2. The molecule has 174 valence electrons. The van der Waals surface area contributed by atoms with E-state index in [2.05, 4.69) is 10.1 Å². The van der Waals surface area contributed by atoms with E-state index in [-0.39, 0.29) is 17.3 Å². The summed E-state index contributed by atoms with van der Waals surface area (Å²) in [6, 6.07) is 18.4. The lowest BCUT2D eigenvalue weighted by molar-refractivity contribution is -0.385. The number of aromatic nitrogens is 2. The normalized spacial score (nSPS) is 11.4. The molecule has 35 heavy (non-hydrogen) atoms. The molecule has 0 spiro atoms. The number of rotatable bonds is 6. The second-order valence-corrected chi connectivity index (χ2v) is 7.49. The van der Waals surface area contributed by atoms with Gasteiger partial charge in [-0.25, -0.2) is 4.98 Å². The lowest BCUT2D eigenvalue weighted by atomic mass is 10.2. The van der Waals surface area contributed by atoms with E-state index >= 15 is 0 Å². The van der Waals surface area contributed by atoms with E-state index in [0.29, 0.717) is 38.9 Å². The average Bonchev–Trinajstić information content (AvgIpc) is 3.32. The van der Waals surface area contributed by atoms with Gasteiger partial charge >= 0.3 is 5.69 Å². The van der Waals surface area contributed by atoms with Crippen molar-refractivity contribution in [2.75, 3.05) is 14.2 Å². The number of nitrogens with zero attached hydrogens (tertiary/aromatic N) is 4. The van der Waals surface area contributed by atoms with E-state index in [1.807, 2.05) is 0 Å². The number of methoxy groups -OCH3 is 2. The topological polar surface area (TPSA) is 122 Å².